The van der Waals surface area contributed by atoms with Crippen molar-refractivity contribution in [3.05, 3.63) is 0 Å². The Morgan fingerprint density at radius 3 is 0.819 bits per heavy atom. The predicted molar refractivity (Wildman–Crippen MR) is 363 cm³/mol. The van der Waals surface area contributed by atoms with Gasteiger partial charge in [-0.05, 0) is 12.8 Å². The molecule has 0 aliphatic heterocycles. The average Bonchev–Trinajstić information content (AvgIpc) is 3.49. The monoisotopic (exact) mass is 1200 g/mol. The summed E-state index contributed by atoms with van der Waals surface area (Å²) in [4.78, 5) is 25.7. The van der Waals surface area contributed by atoms with Crippen molar-refractivity contribution in [1.82, 2.24) is 5.32 Å². The Morgan fingerprint density at radius 2 is 0.590 bits per heavy atom. The molecule has 0 fully saturated rings. The molecule has 0 aliphatic carbocycles. The first-order chi connectivity index (χ1) is 40.5. The molecule has 498 valence electrons. The zero-order chi connectivity index (χ0) is 60.5. The highest BCUT2D eigenvalue weighted by molar-refractivity contribution is 7.45. The van der Waals surface area contributed by atoms with Crippen LogP contribution >= 0.6 is 7.82 Å². The molecule has 0 aromatic rings. The van der Waals surface area contributed by atoms with E-state index >= 15 is 0 Å². The fourth-order valence-electron chi connectivity index (χ4n) is 12.2. The van der Waals surface area contributed by atoms with Gasteiger partial charge in [0.1, 0.15) is 13.2 Å². The Balaban J connectivity index is 3.91. The van der Waals surface area contributed by atoms with E-state index in [1.165, 1.54) is 353 Å². The molecule has 3 unspecified atom stereocenters. The van der Waals surface area contributed by atoms with Gasteiger partial charge in [-0.3, -0.25) is 9.36 Å². The SMILES string of the molecule is CCCCCCCCCCCCCCCCCCCCCCCCCCCCCCCCCCCCCC(=O)NC(COP(=O)([O-])OCC[N+](C)(C)C)C(O)CCCCCCCCCCCCCCCCCCCCCCCCCCCC. The highest BCUT2D eigenvalue weighted by atomic mass is 31.2. The van der Waals surface area contributed by atoms with Crippen LogP contribution in [0, 0.1) is 0 Å². The normalized spacial score (nSPS) is 13.5. The first kappa shape index (κ1) is 82.5. The smallest absolute Gasteiger partial charge is 0.268 e. The second kappa shape index (κ2) is 65.9. The highest BCUT2D eigenvalue weighted by Crippen LogP contribution is 2.38. The number of nitrogens with one attached hydrogen (secondary N) is 1. The molecule has 0 rings (SSSR count). The minimum absolute atomic E-state index is 0.0171. The molecule has 0 spiro atoms. The summed E-state index contributed by atoms with van der Waals surface area (Å²) in [6.07, 6.45) is 83.5. The molecule has 1 amide bonds. The molecular formula is C74H151N2O6P. The summed E-state index contributed by atoms with van der Waals surface area (Å²) < 4.78 is 23.6. The van der Waals surface area contributed by atoms with Crippen molar-refractivity contribution in [3.8, 4) is 0 Å². The van der Waals surface area contributed by atoms with Gasteiger partial charge >= 0.3 is 0 Å². The summed E-state index contributed by atoms with van der Waals surface area (Å²) in [5, 5.41) is 14.1. The minimum atomic E-state index is -4.58. The number of phosphoric acid groups is 1. The first-order valence-electron chi connectivity index (χ1n) is 37.9. The molecule has 0 bridgehead atoms. The quantitative estimate of drug-likeness (QED) is 0.0357. The number of unbranched alkanes of at least 4 members (excludes halogenated alkanes) is 59. The lowest BCUT2D eigenvalue weighted by Crippen LogP contribution is -2.46. The standard InChI is InChI=1S/C74H151N2O6P/c1-6-8-10-12-14-16-18-20-22-24-26-28-30-32-34-35-36-37-38-39-40-41-42-44-46-48-50-52-54-56-58-60-62-64-66-68-74(78)75-72(71-82-83(79,80)81-70-69-76(3,4)5)73(77)67-65-63-61-59-57-55-53-51-49-47-45-43-33-31-29-27-25-23-21-19-17-15-13-11-9-7-2/h72-73,77H,6-71H2,1-5H3,(H-,75,78,79,80). The van der Waals surface area contributed by atoms with Crippen molar-refractivity contribution in [2.45, 2.75) is 431 Å². The van der Waals surface area contributed by atoms with Crippen LogP contribution in [-0.4, -0.2) is 68.5 Å². The fraction of sp³-hybridized carbons (Fsp3) is 0.986. The minimum Gasteiger partial charge on any atom is -0.756 e. The maximum Gasteiger partial charge on any atom is 0.268 e. The van der Waals surface area contributed by atoms with E-state index in [-0.39, 0.29) is 19.1 Å². The Labute approximate surface area is 520 Å². The van der Waals surface area contributed by atoms with Crippen LogP contribution in [-0.2, 0) is 18.4 Å². The van der Waals surface area contributed by atoms with Crippen molar-refractivity contribution in [2.24, 2.45) is 0 Å². The third kappa shape index (κ3) is 68.8. The molecule has 0 saturated heterocycles. The van der Waals surface area contributed by atoms with Crippen molar-refractivity contribution < 1.29 is 32.9 Å². The summed E-state index contributed by atoms with van der Waals surface area (Å²) in [6, 6.07) is -0.797. The van der Waals surface area contributed by atoms with Crippen LogP contribution < -0.4 is 10.2 Å². The van der Waals surface area contributed by atoms with Crippen LogP contribution in [0.5, 0.6) is 0 Å². The maximum atomic E-state index is 13.1. The Morgan fingerprint density at radius 1 is 0.373 bits per heavy atom. The van der Waals surface area contributed by atoms with Crippen molar-refractivity contribution in [3.63, 3.8) is 0 Å². The van der Waals surface area contributed by atoms with Crippen LogP contribution in [0.25, 0.3) is 0 Å². The molecule has 2 N–H and O–H groups in total. The third-order valence-corrected chi connectivity index (χ3v) is 19.1. The van der Waals surface area contributed by atoms with E-state index in [1.807, 2.05) is 21.1 Å². The van der Waals surface area contributed by atoms with Crippen LogP contribution in [0.3, 0.4) is 0 Å². The summed E-state index contributed by atoms with van der Waals surface area (Å²) >= 11 is 0. The Hall–Kier alpha value is -0.500. The topological polar surface area (TPSA) is 108 Å². The number of aliphatic hydroxyl groups is 1. The van der Waals surface area contributed by atoms with E-state index in [2.05, 4.69) is 19.2 Å². The van der Waals surface area contributed by atoms with Gasteiger partial charge in [-0.1, -0.05) is 399 Å². The highest BCUT2D eigenvalue weighted by Gasteiger charge is 2.24. The molecule has 0 radical (unpaired) electrons. The van der Waals surface area contributed by atoms with Gasteiger partial charge < -0.3 is 28.8 Å². The lowest BCUT2D eigenvalue weighted by molar-refractivity contribution is -0.870. The number of aliphatic hydroxyl groups excluding tert-OH is 1. The van der Waals surface area contributed by atoms with E-state index in [9.17, 15) is 19.4 Å². The summed E-state index contributed by atoms with van der Waals surface area (Å²) in [5.74, 6) is -0.152. The number of amides is 1. The molecule has 0 aromatic heterocycles. The predicted octanol–water partition coefficient (Wildman–Crippen LogP) is 23.7. The number of rotatable bonds is 72. The number of hydrogen-bond acceptors (Lipinski definition) is 6. The van der Waals surface area contributed by atoms with Gasteiger partial charge in [0, 0.05) is 6.42 Å². The number of hydrogen-bond donors (Lipinski definition) is 2. The molecular weight excluding hydrogens is 1040 g/mol. The largest absolute Gasteiger partial charge is 0.756 e. The van der Waals surface area contributed by atoms with Crippen molar-refractivity contribution in [1.29, 1.82) is 0 Å². The molecule has 9 heteroatoms. The summed E-state index contributed by atoms with van der Waals surface area (Å²) in [6.45, 7) is 4.81. The number of nitrogens with zero attached hydrogens (tertiary/aromatic N) is 1. The van der Waals surface area contributed by atoms with Crippen LogP contribution in [0.2, 0.25) is 0 Å². The number of likely N-dealkylation sites (N-methyl/N-ethyl adjacent to an activating group) is 1. The van der Waals surface area contributed by atoms with Gasteiger partial charge in [-0.25, -0.2) is 0 Å². The second-order valence-electron chi connectivity index (χ2n) is 27.7. The molecule has 0 saturated carbocycles. The van der Waals surface area contributed by atoms with Crippen LogP contribution in [0.1, 0.15) is 418 Å². The lowest BCUT2D eigenvalue weighted by atomic mass is 10.0. The molecule has 3 atom stereocenters. The molecule has 0 aromatic carbocycles. The molecule has 0 heterocycles. The van der Waals surface area contributed by atoms with Crippen molar-refractivity contribution >= 4 is 13.7 Å². The third-order valence-electron chi connectivity index (χ3n) is 18.1. The maximum absolute atomic E-state index is 13.1. The molecule has 0 aliphatic rings. The fourth-order valence-corrected chi connectivity index (χ4v) is 12.9. The van der Waals surface area contributed by atoms with Crippen LogP contribution in [0.15, 0.2) is 0 Å². The number of quaternary nitrogens is 1. The van der Waals surface area contributed by atoms with Gasteiger partial charge in [0.2, 0.25) is 5.91 Å². The van der Waals surface area contributed by atoms with Crippen molar-refractivity contribution in [2.75, 3.05) is 40.9 Å². The molecule has 83 heavy (non-hydrogen) atoms. The Kier molecular flexibility index (Phi) is 65.5. The summed E-state index contributed by atoms with van der Waals surface area (Å²) in [5.41, 5.74) is 0. The van der Waals surface area contributed by atoms with E-state index in [1.54, 1.807) is 0 Å². The van der Waals surface area contributed by atoms with Crippen LogP contribution in [0.4, 0.5) is 0 Å². The van der Waals surface area contributed by atoms with Gasteiger partial charge in [-0.15, -0.1) is 0 Å². The van der Waals surface area contributed by atoms with E-state index < -0.39 is 20.0 Å². The number of phosphoric ester groups is 1. The second-order valence-corrected chi connectivity index (χ2v) is 29.1. The van der Waals surface area contributed by atoms with Gasteiger partial charge in [0.25, 0.3) is 7.82 Å². The summed E-state index contributed by atoms with van der Waals surface area (Å²) in [7, 11) is 1.33. The zero-order valence-electron chi connectivity index (χ0n) is 57.2. The van der Waals surface area contributed by atoms with E-state index in [0.717, 1.165) is 38.5 Å². The lowest BCUT2D eigenvalue weighted by Gasteiger charge is -2.30. The number of carbonyl (C=O) groups excluding carboxylic acids is 1. The zero-order valence-corrected chi connectivity index (χ0v) is 58.1. The number of carbonyl (C=O) groups is 1. The van der Waals surface area contributed by atoms with Gasteiger partial charge in [-0.2, -0.15) is 0 Å². The Bertz CT molecular complexity index is 1310. The first-order valence-corrected chi connectivity index (χ1v) is 39.3. The van der Waals surface area contributed by atoms with E-state index in [0.29, 0.717) is 23.9 Å². The van der Waals surface area contributed by atoms with Gasteiger partial charge in [0.05, 0.1) is 39.9 Å². The molecule has 8 nitrogen and oxygen atoms in total. The average molecular weight is 1200 g/mol. The van der Waals surface area contributed by atoms with Gasteiger partial charge in [0.15, 0.2) is 0 Å². The van der Waals surface area contributed by atoms with E-state index in [4.69, 9.17) is 9.05 Å².